The molecule has 0 fully saturated rings. The number of alkyl halides is 4. The monoisotopic (exact) mass is 273 g/mol. The molecular formula is C10H3F4N3O2. The van der Waals surface area contributed by atoms with Gasteiger partial charge in [-0.3, -0.25) is 0 Å². The number of hydrogen-bond acceptors (Lipinski definition) is 4. The number of ether oxygens (including phenoxy) is 2. The van der Waals surface area contributed by atoms with Crippen LogP contribution in [0.5, 0.6) is 11.5 Å². The maximum absolute atomic E-state index is 13.0. The Hall–Kier alpha value is -2.50. The molecule has 1 aliphatic rings. The summed E-state index contributed by atoms with van der Waals surface area (Å²) in [6, 6.07) is 3.70. The predicted octanol–water partition coefficient (Wildman–Crippen LogP) is 2.39. The molecule has 0 unspecified atom stereocenters. The predicted molar refractivity (Wildman–Crippen MR) is 52.0 cm³/mol. The van der Waals surface area contributed by atoms with Gasteiger partial charge in [0, 0.05) is 12.1 Å². The zero-order valence-corrected chi connectivity index (χ0v) is 8.88. The number of rotatable bonds is 0. The molecule has 0 saturated heterocycles. The normalized spacial score (nSPS) is 19.1. The van der Waals surface area contributed by atoms with Crippen molar-refractivity contribution in [3.05, 3.63) is 18.0 Å². The standard InChI is InChI=1S/C10H3F4N3O2/c11-9(12)10(13,14)19-7-2-5-4(1-6(7)18-9)16-8(3-15)17-5/h1-2H,(H,16,17). The number of hydrogen-bond donors (Lipinski definition) is 1. The highest BCUT2D eigenvalue weighted by atomic mass is 19.3. The minimum Gasteiger partial charge on any atom is -0.421 e. The number of imidazole rings is 1. The minimum absolute atomic E-state index is 0.0872. The van der Waals surface area contributed by atoms with E-state index in [-0.39, 0.29) is 16.9 Å². The molecular weight excluding hydrogens is 270 g/mol. The van der Waals surface area contributed by atoms with Crippen LogP contribution in [-0.4, -0.2) is 22.2 Å². The molecule has 0 aliphatic carbocycles. The summed E-state index contributed by atoms with van der Waals surface area (Å²) in [7, 11) is 0. The topological polar surface area (TPSA) is 70.9 Å². The van der Waals surface area contributed by atoms with Crippen LogP contribution in [0.3, 0.4) is 0 Å². The van der Waals surface area contributed by atoms with Crippen molar-refractivity contribution < 1.29 is 27.0 Å². The Morgan fingerprint density at radius 3 is 2.26 bits per heavy atom. The van der Waals surface area contributed by atoms with Crippen molar-refractivity contribution in [2.75, 3.05) is 0 Å². The average molecular weight is 273 g/mol. The molecule has 0 saturated carbocycles. The number of aromatic amines is 1. The van der Waals surface area contributed by atoms with Crippen LogP contribution < -0.4 is 9.47 Å². The molecule has 1 aromatic heterocycles. The first-order valence-corrected chi connectivity index (χ1v) is 4.90. The van der Waals surface area contributed by atoms with Crippen molar-refractivity contribution in [1.29, 1.82) is 5.26 Å². The third-order valence-corrected chi connectivity index (χ3v) is 2.47. The van der Waals surface area contributed by atoms with Crippen molar-refractivity contribution in [2.24, 2.45) is 0 Å². The quantitative estimate of drug-likeness (QED) is 0.748. The van der Waals surface area contributed by atoms with Crippen LogP contribution in [0.4, 0.5) is 17.6 Å². The molecule has 0 amide bonds. The Balaban J connectivity index is 2.18. The van der Waals surface area contributed by atoms with E-state index in [0.717, 1.165) is 12.1 Å². The van der Waals surface area contributed by atoms with Crippen molar-refractivity contribution in [2.45, 2.75) is 12.2 Å². The van der Waals surface area contributed by atoms with Gasteiger partial charge in [0.15, 0.2) is 11.5 Å². The average Bonchev–Trinajstić information content (AvgIpc) is 2.69. The summed E-state index contributed by atoms with van der Waals surface area (Å²) in [5.41, 5.74) is 0.319. The van der Waals surface area contributed by atoms with Gasteiger partial charge in [0.2, 0.25) is 5.82 Å². The Bertz CT molecular complexity index is 666. The summed E-state index contributed by atoms with van der Waals surface area (Å²) in [4.78, 5) is 6.24. The number of fused-ring (bicyclic) bond motifs is 2. The molecule has 1 aromatic carbocycles. The molecule has 0 bridgehead atoms. The first-order chi connectivity index (χ1) is 8.82. The number of nitriles is 1. The second-order valence-electron chi connectivity index (χ2n) is 3.75. The highest BCUT2D eigenvalue weighted by Gasteiger charge is 2.66. The van der Waals surface area contributed by atoms with E-state index in [2.05, 4.69) is 19.4 Å². The summed E-state index contributed by atoms with van der Waals surface area (Å²) in [6.45, 7) is 0. The second kappa shape index (κ2) is 3.28. The van der Waals surface area contributed by atoms with E-state index >= 15 is 0 Å². The highest BCUT2D eigenvalue weighted by Crippen LogP contribution is 2.47. The Morgan fingerprint density at radius 2 is 1.68 bits per heavy atom. The molecule has 9 heteroatoms. The third-order valence-electron chi connectivity index (χ3n) is 2.47. The first kappa shape index (κ1) is 11.6. The van der Waals surface area contributed by atoms with Crippen molar-refractivity contribution in [3.63, 3.8) is 0 Å². The Labute approximate surface area is 102 Å². The largest absolute Gasteiger partial charge is 0.507 e. The van der Waals surface area contributed by atoms with Gasteiger partial charge in [0.25, 0.3) is 0 Å². The summed E-state index contributed by atoms with van der Waals surface area (Å²) < 4.78 is 59.7. The fraction of sp³-hybridized carbons (Fsp3) is 0.200. The van der Waals surface area contributed by atoms with E-state index < -0.39 is 23.7 Å². The van der Waals surface area contributed by atoms with Crippen LogP contribution >= 0.6 is 0 Å². The number of H-pyrrole nitrogens is 1. The van der Waals surface area contributed by atoms with Gasteiger partial charge in [-0.2, -0.15) is 22.8 Å². The number of halogens is 4. The summed E-state index contributed by atoms with van der Waals surface area (Å²) in [5, 5.41) is 8.62. The lowest BCUT2D eigenvalue weighted by molar-refractivity contribution is -0.391. The minimum atomic E-state index is -4.78. The van der Waals surface area contributed by atoms with Gasteiger partial charge in [-0.05, 0) is 0 Å². The number of nitrogens with one attached hydrogen (secondary N) is 1. The molecule has 0 atom stereocenters. The van der Waals surface area contributed by atoms with E-state index in [1.807, 2.05) is 0 Å². The van der Waals surface area contributed by atoms with E-state index in [1.54, 1.807) is 6.07 Å². The smallest absolute Gasteiger partial charge is 0.421 e. The van der Waals surface area contributed by atoms with Crippen LogP contribution in [0.25, 0.3) is 11.0 Å². The Kier molecular flexibility index (Phi) is 2.00. The van der Waals surface area contributed by atoms with Crippen molar-refractivity contribution in [1.82, 2.24) is 9.97 Å². The van der Waals surface area contributed by atoms with Gasteiger partial charge >= 0.3 is 12.2 Å². The lowest BCUT2D eigenvalue weighted by atomic mass is 10.2. The zero-order chi connectivity index (χ0) is 13.8. The van der Waals surface area contributed by atoms with Crippen molar-refractivity contribution in [3.8, 4) is 17.6 Å². The molecule has 0 radical (unpaired) electrons. The Morgan fingerprint density at radius 1 is 1.11 bits per heavy atom. The lowest BCUT2D eigenvalue weighted by Gasteiger charge is -2.31. The van der Waals surface area contributed by atoms with Gasteiger partial charge < -0.3 is 14.5 Å². The molecule has 98 valence electrons. The summed E-state index contributed by atoms with van der Waals surface area (Å²) in [5.74, 6) is -1.22. The van der Waals surface area contributed by atoms with Gasteiger partial charge in [-0.15, -0.1) is 0 Å². The third kappa shape index (κ3) is 1.56. The number of aromatic nitrogens is 2. The molecule has 19 heavy (non-hydrogen) atoms. The maximum Gasteiger partial charge on any atom is 0.507 e. The molecule has 2 heterocycles. The lowest BCUT2D eigenvalue weighted by Crippen LogP contribution is -2.52. The first-order valence-electron chi connectivity index (χ1n) is 4.90. The van der Waals surface area contributed by atoms with Gasteiger partial charge in [-0.1, -0.05) is 0 Å². The van der Waals surface area contributed by atoms with E-state index in [1.165, 1.54) is 0 Å². The number of nitrogens with zero attached hydrogens (tertiary/aromatic N) is 2. The van der Waals surface area contributed by atoms with Crippen LogP contribution in [0.15, 0.2) is 12.1 Å². The fourth-order valence-corrected chi connectivity index (χ4v) is 1.63. The molecule has 5 nitrogen and oxygen atoms in total. The van der Waals surface area contributed by atoms with Crippen LogP contribution in [0.1, 0.15) is 5.82 Å². The van der Waals surface area contributed by atoms with Gasteiger partial charge in [-0.25, -0.2) is 4.98 Å². The van der Waals surface area contributed by atoms with Gasteiger partial charge in [0.1, 0.15) is 6.07 Å². The second-order valence-corrected chi connectivity index (χ2v) is 3.75. The molecule has 2 aromatic rings. The highest BCUT2D eigenvalue weighted by molar-refractivity contribution is 5.80. The molecule has 0 spiro atoms. The summed E-state index contributed by atoms with van der Waals surface area (Å²) in [6.07, 6.45) is -9.55. The molecule has 1 N–H and O–H groups in total. The van der Waals surface area contributed by atoms with E-state index in [0.29, 0.717) is 0 Å². The van der Waals surface area contributed by atoms with E-state index in [4.69, 9.17) is 5.26 Å². The zero-order valence-electron chi connectivity index (χ0n) is 8.88. The fourth-order valence-electron chi connectivity index (χ4n) is 1.63. The number of benzene rings is 1. The van der Waals surface area contributed by atoms with Crippen LogP contribution in [0.2, 0.25) is 0 Å². The molecule has 3 rings (SSSR count). The SMILES string of the molecule is N#Cc1nc2cc3c(cc2[nH]1)OC(F)(F)C(F)(F)O3. The molecule has 1 aliphatic heterocycles. The van der Waals surface area contributed by atoms with Crippen LogP contribution in [-0.2, 0) is 0 Å². The van der Waals surface area contributed by atoms with Crippen LogP contribution in [0, 0.1) is 11.3 Å². The van der Waals surface area contributed by atoms with Crippen molar-refractivity contribution >= 4 is 11.0 Å². The van der Waals surface area contributed by atoms with E-state index in [9.17, 15) is 17.6 Å². The van der Waals surface area contributed by atoms with Gasteiger partial charge in [0.05, 0.1) is 11.0 Å². The maximum atomic E-state index is 13.0. The summed E-state index contributed by atoms with van der Waals surface area (Å²) >= 11 is 0.